The predicted octanol–water partition coefficient (Wildman–Crippen LogP) is 5.17. The minimum Gasteiger partial charge on any atom is -0.335 e. The van der Waals surface area contributed by atoms with Crippen LogP contribution in [0.1, 0.15) is 56.4 Å². The first-order valence-electron chi connectivity index (χ1n) is 11.0. The first-order chi connectivity index (χ1) is 14.9. The smallest absolute Gasteiger partial charge is 0.318 e. The second kappa shape index (κ2) is 11.3. The van der Waals surface area contributed by atoms with E-state index >= 15 is 0 Å². The van der Waals surface area contributed by atoms with Crippen LogP contribution in [0.4, 0.5) is 9.18 Å². The number of rotatable bonds is 8. The Labute approximate surface area is 188 Å². The average molecular weight is 446 g/mol. The molecule has 2 aromatic rings. The van der Waals surface area contributed by atoms with Crippen LogP contribution in [-0.4, -0.2) is 40.4 Å². The number of nitrogens with one attached hydrogen (secondary N) is 1. The highest BCUT2D eigenvalue weighted by Gasteiger charge is 2.26. The molecule has 1 N–H and O–H groups in total. The van der Waals surface area contributed by atoms with Crippen molar-refractivity contribution < 1.29 is 14.0 Å². The van der Waals surface area contributed by atoms with E-state index in [2.05, 4.69) is 5.32 Å². The lowest BCUT2D eigenvalue weighted by molar-refractivity contribution is -0.133. The highest BCUT2D eigenvalue weighted by Crippen LogP contribution is 2.19. The molecule has 3 rings (SSSR count). The van der Waals surface area contributed by atoms with Crippen molar-refractivity contribution >= 4 is 23.3 Å². The van der Waals surface area contributed by atoms with Crippen LogP contribution in [0.25, 0.3) is 0 Å². The molecule has 31 heavy (non-hydrogen) atoms. The van der Waals surface area contributed by atoms with E-state index in [0.29, 0.717) is 13.1 Å². The zero-order valence-corrected chi connectivity index (χ0v) is 19.2. The number of benzene rings is 1. The van der Waals surface area contributed by atoms with Gasteiger partial charge in [0.25, 0.3) is 0 Å². The summed E-state index contributed by atoms with van der Waals surface area (Å²) in [6, 6.07) is 10.1. The summed E-state index contributed by atoms with van der Waals surface area (Å²) < 4.78 is 13.3. The van der Waals surface area contributed by atoms with Crippen molar-refractivity contribution in [1.82, 2.24) is 15.1 Å². The van der Waals surface area contributed by atoms with Gasteiger partial charge in [-0.15, -0.1) is 11.3 Å². The molecule has 168 valence electrons. The Morgan fingerprint density at radius 3 is 2.42 bits per heavy atom. The van der Waals surface area contributed by atoms with Crippen LogP contribution in [0, 0.1) is 5.82 Å². The van der Waals surface area contributed by atoms with Crippen molar-refractivity contribution in [3.8, 4) is 0 Å². The summed E-state index contributed by atoms with van der Waals surface area (Å²) in [5.74, 6) is -0.421. The van der Waals surface area contributed by atoms with Crippen LogP contribution in [0.3, 0.4) is 0 Å². The number of hydrogen-bond acceptors (Lipinski definition) is 3. The Balaban J connectivity index is 1.69. The van der Waals surface area contributed by atoms with E-state index in [1.54, 1.807) is 33.3 Å². The first-order valence-corrected chi connectivity index (χ1v) is 11.9. The molecule has 1 aromatic heterocycles. The maximum absolute atomic E-state index is 13.3. The molecule has 0 atom stereocenters. The molecule has 0 bridgehead atoms. The molecule has 0 aliphatic heterocycles. The van der Waals surface area contributed by atoms with Gasteiger partial charge in [-0.25, -0.2) is 9.18 Å². The van der Waals surface area contributed by atoms with E-state index in [1.165, 1.54) is 18.6 Å². The zero-order chi connectivity index (χ0) is 22.2. The van der Waals surface area contributed by atoms with Crippen LogP contribution in [-0.2, 0) is 17.9 Å². The summed E-state index contributed by atoms with van der Waals surface area (Å²) >= 11 is 1.59. The lowest BCUT2D eigenvalue weighted by atomic mass is 9.96. The van der Waals surface area contributed by atoms with Crippen molar-refractivity contribution in [3.05, 3.63) is 58.0 Å². The Morgan fingerprint density at radius 1 is 1.10 bits per heavy atom. The van der Waals surface area contributed by atoms with E-state index in [-0.39, 0.29) is 36.4 Å². The molecular weight excluding hydrogens is 413 g/mol. The van der Waals surface area contributed by atoms with Crippen LogP contribution in [0.2, 0.25) is 0 Å². The Bertz CT molecular complexity index is 833. The van der Waals surface area contributed by atoms with Gasteiger partial charge in [-0.2, -0.15) is 0 Å². The molecule has 0 radical (unpaired) electrons. The molecule has 1 aromatic carbocycles. The summed E-state index contributed by atoms with van der Waals surface area (Å²) in [5, 5.41) is 5.10. The predicted molar refractivity (Wildman–Crippen MR) is 122 cm³/mol. The Morgan fingerprint density at radius 2 is 1.81 bits per heavy atom. The molecule has 1 heterocycles. The van der Waals surface area contributed by atoms with Crippen molar-refractivity contribution in [1.29, 1.82) is 0 Å². The molecular formula is C24H32FN3O2S. The first kappa shape index (κ1) is 23.3. The van der Waals surface area contributed by atoms with Crippen LogP contribution < -0.4 is 5.32 Å². The van der Waals surface area contributed by atoms with Gasteiger partial charge in [0, 0.05) is 23.5 Å². The Kier molecular flexibility index (Phi) is 8.46. The van der Waals surface area contributed by atoms with Gasteiger partial charge in [0.1, 0.15) is 12.4 Å². The third kappa shape index (κ3) is 7.06. The maximum Gasteiger partial charge on any atom is 0.318 e. The van der Waals surface area contributed by atoms with Crippen molar-refractivity contribution in [2.24, 2.45) is 0 Å². The fourth-order valence-corrected chi connectivity index (χ4v) is 4.59. The molecule has 1 aliphatic carbocycles. The Hall–Kier alpha value is -2.41. The molecule has 1 saturated carbocycles. The van der Waals surface area contributed by atoms with Crippen LogP contribution >= 0.6 is 11.3 Å². The van der Waals surface area contributed by atoms with E-state index in [4.69, 9.17) is 0 Å². The standard InChI is InChI=1S/C24H32FN3O2S/c1-18(2)28(24(30)26-21-7-4-3-5-8-21)17-23(29)27(16-22-9-6-14-31-22)15-19-10-12-20(25)13-11-19/h6,9-14,18,21H,3-5,7-8,15-17H2,1-2H3,(H,26,30). The molecule has 1 fully saturated rings. The van der Waals surface area contributed by atoms with E-state index in [9.17, 15) is 14.0 Å². The number of hydrogen-bond donors (Lipinski definition) is 1. The summed E-state index contributed by atoms with van der Waals surface area (Å²) in [7, 11) is 0. The van der Waals surface area contributed by atoms with Crippen molar-refractivity contribution in [3.63, 3.8) is 0 Å². The topological polar surface area (TPSA) is 52.7 Å². The lowest BCUT2D eigenvalue weighted by Gasteiger charge is -2.32. The van der Waals surface area contributed by atoms with Gasteiger partial charge in [-0.3, -0.25) is 4.79 Å². The summed E-state index contributed by atoms with van der Waals surface area (Å²) in [5.41, 5.74) is 0.856. The van der Waals surface area contributed by atoms with Gasteiger partial charge in [0.2, 0.25) is 5.91 Å². The van der Waals surface area contributed by atoms with Crippen molar-refractivity contribution in [2.45, 2.75) is 71.1 Å². The van der Waals surface area contributed by atoms with Gasteiger partial charge >= 0.3 is 6.03 Å². The van der Waals surface area contributed by atoms with Gasteiger partial charge in [0.05, 0.1) is 6.54 Å². The molecule has 0 spiro atoms. The van der Waals surface area contributed by atoms with E-state index in [0.717, 1.165) is 36.1 Å². The third-order valence-electron chi connectivity index (χ3n) is 5.69. The monoisotopic (exact) mass is 445 g/mol. The summed E-state index contributed by atoms with van der Waals surface area (Å²) in [6.07, 6.45) is 5.50. The largest absolute Gasteiger partial charge is 0.335 e. The minimum atomic E-state index is -0.301. The fraction of sp³-hybridized carbons (Fsp3) is 0.500. The third-order valence-corrected chi connectivity index (χ3v) is 6.55. The molecule has 0 saturated heterocycles. The van der Waals surface area contributed by atoms with Crippen molar-refractivity contribution in [2.75, 3.05) is 6.54 Å². The molecule has 5 nitrogen and oxygen atoms in total. The van der Waals surface area contributed by atoms with Crippen LogP contribution in [0.5, 0.6) is 0 Å². The normalized spacial score (nSPS) is 14.5. The number of carbonyl (C=O) groups excluding carboxylic acids is 2. The SMILES string of the molecule is CC(C)N(CC(=O)N(Cc1ccc(F)cc1)Cc1cccs1)C(=O)NC1CCCCC1. The van der Waals surface area contributed by atoms with Gasteiger partial charge < -0.3 is 15.1 Å². The summed E-state index contributed by atoms with van der Waals surface area (Å²) in [6.45, 7) is 4.70. The van der Waals surface area contributed by atoms with Gasteiger partial charge in [-0.05, 0) is 55.8 Å². The van der Waals surface area contributed by atoms with Gasteiger partial charge in [0.15, 0.2) is 0 Å². The number of nitrogens with zero attached hydrogens (tertiary/aromatic N) is 2. The highest BCUT2D eigenvalue weighted by molar-refractivity contribution is 7.09. The van der Waals surface area contributed by atoms with E-state index in [1.807, 2.05) is 31.4 Å². The number of carbonyl (C=O) groups is 2. The average Bonchev–Trinajstić information content (AvgIpc) is 3.26. The highest BCUT2D eigenvalue weighted by atomic mass is 32.1. The lowest BCUT2D eigenvalue weighted by Crippen LogP contribution is -2.51. The number of halogens is 1. The minimum absolute atomic E-state index is 0.0167. The number of thiophene rings is 1. The molecule has 1 aliphatic rings. The molecule has 0 unspecified atom stereocenters. The zero-order valence-electron chi connectivity index (χ0n) is 18.4. The number of urea groups is 1. The fourth-order valence-electron chi connectivity index (χ4n) is 3.87. The summed E-state index contributed by atoms with van der Waals surface area (Å²) in [4.78, 5) is 30.6. The van der Waals surface area contributed by atoms with Crippen LogP contribution in [0.15, 0.2) is 41.8 Å². The van der Waals surface area contributed by atoms with Gasteiger partial charge in [-0.1, -0.05) is 37.5 Å². The second-order valence-corrected chi connectivity index (χ2v) is 9.49. The number of amides is 3. The molecule has 7 heteroatoms. The quantitative estimate of drug-likeness (QED) is 0.610. The second-order valence-electron chi connectivity index (χ2n) is 8.46. The molecule has 3 amide bonds. The van der Waals surface area contributed by atoms with E-state index < -0.39 is 0 Å². The maximum atomic E-state index is 13.3.